The van der Waals surface area contributed by atoms with E-state index in [1.165, 1.54) is 0 Å². The Morgan fingerprint density at radius 2 is 2.00 bits per heavy atom. The molecule has 0 bridgehead atoms. The topological polar surface area (TPSA) is 77.9 Å². The van der Waals surface area contributed by atoms with Crippen LogP contribution < -0.4 is 10.1 Å². The van der Waals surface area contributed by atoms with Gasteiger partial charge in [0, 0.05) is 37.9 Å². The predicted octanol–water partition coefficient (Wildman–Crippen LogP) is 3.61. The highest BCUT2D eigenvalue weighted by Gasteiger charge is 2.26. The molecule has 0 saturated carbocycles. The fraction of sp³-hybridized carbons (Fsp3) is 0.462. The molecule has 0 aliphatic carbocycles. The van der Waals surface area contributed by atoms with Gasteiger partial charge in [0.1, 0.15) is 18.5 Å². The zero-order valence-corrected chi connectivity index (χ0v) is 21.2. The Kier molecular flexibility index (Phi) is 7.83. The van der Waals surface area contributed by atoms with Crippen LogP contribution in [0.25, 0.3) is 10.2 Å². The molecule has 1 saturated heterocycles. The fourth-order valence-electron chi connectivity index (χ4n) is 4.50. The summed E-state index contributed by atoms with van der Waals surface area (Å²) in [5, 5.41) is 14.7. The molecule has 2 atom stereocenters. The number of thiazole rings is 1. The number of β-amino-alcohol motifs (C(OH)–C–C–N with tert-alkyl or cyclic N) is 1. The molecule has 2 heterocycles. The van der Waals surface area contributed by atoms with Crippen LogP contribution in [-0.2, 0) is 4.79 Å². The van der Waals surface area contributed by atoms with Crippen molar-refractivity contribution in [3.8, 4) is 5.75 Å². The van der Waals surface area contributed by atoms with E-state index in [0.717, 1.165) is 57.4 Å². The first-order valence-electron chi connectivity index (χ1n) is 11.8. The number of aliphatic hydroxyl groups excluding tert-OH is 1. The van der Waals surface area contributed by atoms with E-state index in [-0.39, 0.29) is 18.6 Å². The van der Waals surface area contributed by atoms with E-state index >= 15 is 0 Å². The molecule has 0 spiro atoms. The Bertz CT molecular complexity index is 1130. The molecule has 1 aliphatic heterocycles. The number of fused-ring (bicyclic) bond motifs is 1. The Morgan fingerprint density at radius 1 is 1.24 bits per heavy atom. The van der Waals surface area contributed by atoms with Crippen LogP contribution >= 0.6 is 11.3 Å². The quantitative estimate of drug-likeness (QED) is 0.511. The number of hydrogen-bond donors (Lipinski definition) is 2. The number of hydrogen-bond acceptors (Lipinski definition) is 7. The lowest BCUT2D eigenvalue weighted by atomic mass is 10.1. The van der Waals surface area contributed by atoms with Crippen molar-refractivity contribution < 1.29 is 14.6 Å². The van der Waals surface area contributed by atoms with Crippen LogP contribution in [0.4, 0.5) is 5.69 Å². The molecular weight excluding hydrogens is 448 g/mol. The van der Waals surface area contributed by atoms with Crippen molar-refractivity contribution in [2.24, 2.45) is 0 Å². The number of aryl methyl sites for hydroxylation is 3. The molecule has 182 valence electrons. The lowest BCUT2D eigenvalue weighted by Crippen LogP contribution is -2.55. The minimum absolute atomic E-state index is 0.0135. The van der Waals surface area contributed by atoms with Crippen LogP contribution in [-0.4, -0.2) is 77.3 Å². The van der Waals surface area contributed by atoms with E-state index < -0.39 is 6.10 Å². The van der Waals surface area contributed by atoms with Gasteiger partial charge in [-0.3, -0.25) is 14.6 Å². The number of carbonyl (C=O) groups is 1. The maximum atomic E-state index is 12.6. The summed E-state index contributed by atoms with van der Waals surface area (Å²) in [6, 6.07) is 12.1. The standard InChI is InChI=1S/C26H34N4O3S/c1-17-6-5-7-18(2)26(17)28-25(32)15-29-10-11-30(19(3)13-29)14-21(31)16-33-22-8-9-23-24(12-22)34-20(4)27-23/h5-9,12,19,21,31H,10-11,13-16H2,1-4H3,(H,28,32)/t19-,21+/m0/s1. The summed E-state index contributed by atoms with van der Waals surface area (Å²) >= 11 is 1.64. The second-order valence-corrected chi connectivity index (χ2v) is 10.5. The lowest BCUT2D eigenvalue weighted by molar-refractivity contribution is -0.118. The number of carbonyl (C=O) groups excluding carboxylic acids is 1. The molecule has 2 aromatic carbocycles. The molecule has 1 aliphatic rings. The van der Waals surface area contributed by atoms with E-state index in [1.54, 1.807) is 11.3 Å². The molecule has 4 rings (SSSR count). The van der Waals surface area contributed by atoms with Gasteiger partial charge >= 0.3 is 0 Å². The van der Waals surface area contributed by atoms with Crippen LogP contribution in [0, 0.1) is 20.8 Å². The molecule has 0 unspecified atom stereocenters. The maximum absolute atomic E-state index is 12.6. The maximum Gasteiger partial charge on any atom is 0.238 e. The minimum Gasteiger partial charge on any atom is -0.491 e. The summed E-state index contributed by atoms with van der Waals surface area (Å²) in [5.41, 5.74) is 4.03. The summed E-state index contributed by atoms with van der Waals surface area (Å²) in [5.74, 6) is 0.766. The number of aromatic nitrogens is 1. The van der Waals surface area contributed by atoms with E-state index in [4.69, 9.17) is 4.74 Å². The smallest absolute Gasteiger partial charge is 0.238 e. The molecule has 1 fully saturated rings. The van der Waals surface area contributed by atoms with Gasteiger partial charge in [0.25, 0.3) is 0 Å². The molecule has 1 amide bonds. The fourth-order valence-corrected chi connectivity index (χ4v) is 5.36. The first-order chi connectivity index (χ1) is 16.3. The normalized spacial score (nSPS) is 18.2. The number of para-hydroxylation sites is 1. The number of rotatable bonds is 8. The van der Waals surface area contributed by atoms with Crippen molar-refractivity contribution in [1.29, 1.82) is 0 Å². The molecule has 3 aromatic rings. The van der Waals surface area contributed by atoms with Gasteiger partial charge in [0.2, 0.25) is 5.91 Å². The number of benzene rings is 2. The molecule has 0 radical (unpaired) electrons. The molecular formula is C26H34N4O3S. The Labute approximate surface area is 205 Å². The number of ether oxygens (including phenoxy) is 1. The van der Waals surface area contributed by atoms with Crippen molar-refractivity contribution in [3.05, 3.63) is 52.5 Å². The Hall–Kier alpha value is -2.52. The van der Waals surface area contributed by atoms with Crippen LogP contribution in [0.1, 0.15) is 23.1 Å². The minimum atomic E-state index is -0.583. The van der Waals surface area contributed by atoms with Crippen molar-refractivity contribution in [3.63, 3.8) is 0 Å². The SMILES string of the molecule is Cc1nc2ccc(OC[C@H](O)CN3CCN(CC(=O)Nc4c(C)cccc4C)C[C@@H]3C)cc2s1. The monoisotopic (exact) mass is 482 g/mol. The van der Waals surface area contributed by atoms with Gasteiger partial charge in [-0.1, -0.05) is 18.2 Å². The molecule has 7 nitrogen and oxygen atoms in total. The van der Waals surface area contributed by atoms with Crippen molar-refractivity contribution in [2.45, 2.75) is 39.8 Å². The first-order valence-corrected chi connectivity index (χ1v) is 12.6. The summed E-state index contributed by atoms with van der Waals surface area (Å²) in [6.07, 6.45) is -0.583. The first kappa shape index (κ1) is 24.6. The zero-order chi connectivity index (χ0) is 24.2. The predicted molar refractivity (Wildman–Crippen MR) is 138 cm³/mol. The molecule has 8 heteroatoms. The lowest BCUT2D eigenvalue weighted by Gasteiger charge is -2.40. The van der Waals surface area contributed by atoms with Gasteiger partial charge < -0.3 is 15.2 Å². The average molecular weight is 483 g/mol. The Morgan fingerprint density at radius 3 is 2.74 bits per heavy atom. The second kappa shape index (κ2) is 10.8. The van der Waals surface area contributed by atoms with E-state index in [0.29, 0.717) is 13.1 Å². The highest BCUT2D eigenvalue weighted by atomic mass is 32.1. The summed E-state index contributed by atoms with van der Waals surface area (Å²) in [6.45, 7) is 11.7. The number of nitrogens with zero attached hydrogens (tertiary/aromatic N) is 3. The van der Waals surface area contributed by atoms with Gasteiger partial charge in [-0.2, -0.15) is 0 Å². The third-order valence-electron chi connectivity index (χ3n) is 6.32. The largest absolute Gasteiger partial charge is 0.491 e. The third-order valence-corrected chi connectivity index (χ3v) is 7.25. The van der Waals surface area contributed by atoms with Crippen LogP contribution in [0.5, 0.6) is 5.75 Å². The van der Waals surface area contributed by atoms with Crippen molar-refractivity contribution in [2.75, 3.05) is 44.6 Å². The third kappa shape index (κ3) is 6.13. The molecule has 34 heavy (non-hydrogen) atoms. The van der Waals surface area contributed by atoms with Gasteiger partial charge in [-0.15, -0.1) is 11.3 Å². The van der Waals surface area contributed by atoms with E-state index in [1.807, 2.05) is 57.2 Å². The molecule has 1 aromatic heterocycles. The van der Waals surface area contributed by atoms with Gasteiger partial charge in [0.15, 0.2) is 0 Å². The summed E-state index contributed by atoms with van der Waals surface area (Å²) in [4.78, 5) is 21.5. The van der Waals surface area contributed by atoms with Gasteiger partial charge in [-0.05, 0) is 57.0 Å². The van der Waals surface area contributed by atoms with Crippen LogP contribution in [0.3, 0.4) is 0 Å². The molecule has 2 N–H and O–H groups in total. The number of aliphatic hydroxyl groups is 1. The van der Waals surface area contributed by atoms with E-state index in [2.05, 4.69) is 27.0 Å². The number of anilines is 1. The van der Waals surface area contributed by atoms with Crippen molar-refractivity contribution in [1.82, 2.24) is 14.8 Å². The number of nitrogens with one attached hydrogen (secondary N) is 1. The van der Waals surface area contributed by atoms with Crippen LogP contribution in [0.2, 0.25) is 0 Å². The van der Waals surface area contributed by atoms with Gasteiger partial charge in [-0.25, -0.2) is 4.98 Å². The van der Waals surface area contributed by atoms with E-state index in [9.17, 15) is 9.90 Å². The summed E-state index contributed by atoms with van der Waals surface area (Å²) in [7, 11) is 0. The average Bonchev–Trinajstić information content (AvgIpc) is 3.16. The number of amides is 1. The Balaban J connectivity index is 1.22. The van der Waals surface area contributed by atoms with Crippen molar-refractivity contribution >= 4 is 33.1 Å². The second-order valence-electron chi connectivity index (χ2n) is 9.22. The van der Waals surface area contributed by atoms with Crippen LogP contribution in [0.15, 0.2) is 36.4 Å². The number of piperazine rings is 1. The highest BCUT2D eigenvalue weighted by molar-refractivity contribution is 7.18. The summed E-state index contributed by atoms with van der Waals surface area (Å²) < 4.78 is 6.94. The van der Waals surface area contributed by atoms with Gasteiger partial charge in [0.05, 0.1) is 21.8 Å². The highest BCUT2D eigenvalue weighted by Crippen LogP contribution is 2.26. The zero-order valence-electron chi connectivity index (χ0n) is 20.4.